The predicted octanol–water partition coefficient (Wildman–Crippen LogP) is 2.15. The molecule has 1 saturated heterocycles. The number of benzene rings is 1. The highest BCUT2D eigenvalue weighted by molar-refractivity contribution is 5.99. The first-order valence-electron chi connectivity index (χ1n) is 7.61. The Hall–Kier alpha value is -2.34. The highest BCUT2D eigenvalue weighted by Crippen LogP contribution is 2.25. The number of nitrogens with one attached hydrogen (secondary N) is 2. The summed E-state index contributed by atoms with van der Waals surface area (Å²) in [6.07, 6.45) is 0.362. The average molecular weight is 316 g/mol. The van der Waals surface area contributed by atoms with Crippen LogP contribution in [-0.4, -0.2) is 40.7 Å². The number of aromatic amines is 1. The van der Waals surface area contributed by atoms with Crippen LogP contribution in [0.25, 0.3) is 10.9 Å². The SMILES string of the molecule is Cc1ccc2[nH]c(C(=O)NC3(CC(=O)O)CCOC3)cc2c1C. The Kier molecular flexibility index (Phi) is 3.85. The van der Waals surface area contributed by atoms with E-state index < -0.39 is 11.5 Å². The lowest BCUT2D eigenvalue weighted by molar-refractivity contribution is -0.138. The lowest BCUT2D eigenvalue weighted by atomic mass is 9.94. The number of aliphatic carboxylic acids is 1. The second-order valence-electron chi connectivity index (χ2n) is 6.26. The van der Waals surface area contributed by atoms with Gasteiger partial charge in [-0.15, -0.1) is 0 Å². The summed E-state index contributed by atoms with van der Waals surface area (Å²) < 4.78 is 5.30. The summed E-state index contributed by atoms with van der Waals surface area (Å²) in [5.74, 6) is -1.25. The first kappa shape index (κ1) is 15.6. The first-order valence-corrected chi connectivity index (χ1v) is 7.61. The van der Waals surface area contributed by atoms with Crippen molar-refractivity contribution in [2.45, 2.75) is 32.2 Å². The zero-order valence-corrected chi connectivity index (χ0v) is 13.2. The minimum Gasteiger partial charge on any atom is -0.481 e. The van der Waals surface area contributed by atoms with Crippen LogP contribution < -0.4 is 5.32 Å². The maximum Gasteiger partial charge on any atom is 0.305 e. The van der Waals surface area contributed by atoms with Gasteiger partial charge in [-0.1, -0.05) is 6.07 Å². The first-order chi connectivity index (χ1) is 10.9. The summed E-state index contributed by atoms with van der Waals surface area (Å²) >= 11 is 0. The van der Waals surface area contributed by atoms with Gasteiger partial charge in [0.25, 0.3) is 5.91 Å². The monoisotopic (exact) mass is 316 g/mol. The van der Waals surface area contributed by atoms with E-state index in [4.69, 9.17) is 9.84 Å². The number of carbonyl (C=O) groups is 2. The average Bonchev–Trinajstić information content (AvgIpc) is 3.09. The summed E-state index contributed by atoms with van der Waals surface area (Å²) in [6.45, 7) is 4.73. The molecule has 0 saturated carbocycles. The van der Waals surface area contributed by atoms with Crippen LogP contribution in [0.15, 0.2) is 18.2 Å². The standard InChI is InChI=1S/C17H20N2O4/c1-10-3-4-13-12(11(10)2)7-14(18-13)16(22)19-17(8-15(20)21)5-6-23-9-17/h3-4,7,18H,5-6,8-9H2,1-2H3,(H,19,22)(H,20,21). The largest absolute Gasteiger partial charge is 0.481 e. The Labute approximate surface area is 133 Å². The van der Waals surface area contributed by atoms with Crippen molar-refractivity contribution in [2.24, 2.45) is 0 Å². The summed E-state index contributed by atoms with van der Waals surface area (Å²) in [5, 5.41) is 13.0. The number of ether oxygens (including phenoxy) is 1. The van der Waals surface area contributed by atoms with Crippen molar-refractivity contribution in [2.75, 3.05) is 13.2 Å². The molecule has 2 heterocycles. The Balaban J connectivity index is 1.88. The smallest absolute Gasteiger partial charge is 0.305 e. The van der Waals surface area contributed by atoms with E-state index in [0.29, 0.717) is 18.7 Å². The number of carboxylic acid groups (broad SMARTS) is 1. The molecule has 2 aromatic rings. The van der Waals surface area contributed by atoms with Gasteiger partial charge in [0.15, 0.2) is 0 Å². The number of H-pyrrole nitrogens is 1. The quantitative estimate of drug-likeness (QED) is 0.806. The fourth-order valence-electron chi connectivity index (χ4n) is 3.07. The van der Waals surface area contributed by atoms with Gasteiger partial charge in [-0.25, -0.2) is 0 Å². The van der Waals surface area contributed by atoms with E-state index in [1.807, 2.05) is 32.0 Å². The number of carboxylic acids is 1. The van der Waals surface area contributed by atoms with Crippen LogP contribution in [0.4, 0.5) is 0 Å². The van der Waals surface area contributed by atoms with E-state index in [0.717, 1.165) is 22.0 Å². The van der Waals surface area contributed by atoms with Gasteiger partial charge in [0.2, 0.25) is 0 Å². The Morgan fingerprint density at radius 2 is 2.17 bits per heavy atom. The number of hydrogen-bond acceptors (Lipinski definition) is 3. The van der Waals surface area contributed by atoms with Crippen LogP contribution in [0.2, 0.25) is 0 Å². The lowest BCUT2D eigenvalue weighted by Crippen LogP contribution is -2.50. The molecule has 6 heteroatoms. The Morgan fingerprint density at radius 1 is 1.39 bits per heavy atom. The topological polar surface area (TPSA) is 91.4 Å². The minimum absolute atomic E-state index is 0.142. The second kappa shape index (κ2) is 5.70. The molecule has 1 aromatic heterocycles. The molecule has 1 unspecified atom stereocenters. The van der Waals surface area contributed by atoms with Crippen LogP contribution in [0.1, 0.15) is 34.5 Å². The molecule has 1 fully saturated rings. The molecule has 3 N–H and O–H groups in total. The number of hydrogen-bond donors (Lipinski definition) is 3. The maximum atomic E-state index is 12.6. The van der Waals surface area contributed by atoms with Gasteiger partial charge in [0.1, 0.15) is 5.69 Å². The van der Waals surface area contributed by atoms with Crippen LogP contribution in [-0.2, 0) is 9.53 Å². The molecule has 6 nitrogen and oxygen atoms in total. The molecular formula is C17H20N2O4. The van der Waals surface area contributed by atoms with E-state index in [-0.39, 0.29) is 18.9 Å². The predicted molar refractivity (Wildman–Crippen MR) is 85.7 cm³/mol. The van der Waals surface area contributed by atoms with Gasteiger partial charge in [-0.3, -0.25) is 9.59 Å². The summed E-state index contributed by atoms with van der Waals surface area (Å²) in [7, 11) is 0. The molecule has 1 atom stereocenters. The molecule has 3 rings (SSSR count). The molecule has 0 aliphatic carbocycles. The van der Waals surface area contributed by atoms with Crippen LogP contribution in [0.5, 0.6) is 0 Å². The number of carbonyl (C=O) groups excluding carboxylic acids is 1. The fraction of sp³-hybridized carbons (Fsp3) is 0.412. The van der Waals surface area contributed by atoms with Crippen molar-refractivity contribution >= 4 is 22.8 Å². The molecule has 0 spiro atoms. The van der Waals surface area contributed by atoms with Crippen molar-refractivity contribution in [1.82, 2.24) is 10.3 Å². The molecule has 1 amide bonds. The minimum atomic E-state index is -0.945. The normalized spacial score (nSPS) is 20.8. The highest BCUT2D eigenvalue weighted by atomic mass is 16.5. The molecule has 0 radical (unpaired) electrons. The summed E-state index contributed by atoms with van der Waals surface area (Å²) in [5.41, 5.74) is 2.79. The van der Waals surface area contributed by atoms with E-state index in [1.165, 1.54) is 0 Å². The number of rotatable bonds is 4. The number of aromatic nitrogens is 1. The van der Waals surface area contributed by atoms with Crippen LogP contribution in [0.3, 0.4) is 0 Å². The molecule has 1 aliphatic rings. The third-order valence-electron chi connectivity index (χ3n) is 4.56. The number of amides is 1. The van der Waals surface area contributed by atoms with Gasteiger partial charge in [0, 0.05) is 17.5 Å². The molecule has 122 valence electrons. The Bertz CT molecular complexity index is 772. The van der Waals surface area contributed by atoms with E-state index >= 15 is 0 Å². The number of aryl methyl sites for hydroxylation is 2. The lowest BCUT2D eigenvalue weighted by Gasteiger charge is -2.26. The van der Waals surface area contributed by atoms with Crippen molar-refractivity contribution in [3.63, 3.8) is 0 Å². The van der Waals surface area contributed by atoms with Crippen LogP contribution >= 0.6 is 0 Å². The van der Waals surface area contributed by atoms with Gasteiger partial charge >= 0.3 is 5.97 Å². The molecule has 23 heavy (non-hydrogen) atoms. The van der Waals surface area contributed by atoms with Crippen molar-refractivity contribution in [3.8, 4) is 0 Å². The molecule has 0 bridgehead atoms. The van der Waals surface area contributed by atoms with Crippen LogP contribution in [0, 0.1) is 13.8 Å². The zero-order chi connectivity index (χ0) is 16.6. The third-order valence-corrected chi connectivity index (χ3v) is 4.56. The maximum absolute atomic E-state index is 12.6. The summed E-state index contributed by atoms with van der Waals surface area (Å²) in [6, 6.07) is 5.77. The van der Waals surface area contributed by atoms with Gasteiger partial charge in [0.05, 0.1) is 18.6 Å². The molecule has 1 aromatic carbocycles. The van der Waals surface area contributed by atoms with Gasteiger partial charge < -0.3 is 20.1 Å². The fourth-order valence-corrected chi connectivity index (χ4v) is 3.07. The van der Waals surface area contributed by atoms with Crippen molar-refractivity contribution in [1.29, 1.82) is 0 Å². The van der Waals surface area contributed by atoms with Gasteiger partial charge in [-0.05, 0) is 43.5 Å². The van der Waals surface area contributed by atoms with Crippen molar-refractivity contribution in [3.05, 3.63) is 35.0 Å². The number of fused-ring (bicyclic) bond motifs is 1. The zero-order valence-electron chi connectivity index (χ0n) is 13.2. The third kappa shape index (κ3) is 2.94. The van der Waals surface area contributed by atoms with Crippen molar-refractivity contribution < 1.29 is 19.4 Å². The summed E-state index contributed by atoms with van der Waals surface area (Å²) in [4.78, 5) is 26.8. The molecule has 1 aliphatic heterocycles. The van der Waals surface area contributed by atoms with E-state index in [2.05, 4.69) is 10.3 Å². The second-order valence-corrected chi connectivity index (χ2v) is 6.26. The van der Waals surface area contributed by atoms with Gasteiger partial charge in [-0.2, -0.15) is 0 Å². The van der Waals surface area contributed by atoms with E-state index in [1.54, 1.807) is 0 Å². The highest BCUT2D eigenvalue weighted by Gasteiger charge is 2.39. The Morgan fingerprint density at radius 3 is 2.83 bits per heavy atom. The van der Waals surface area contributed by atoms with E-state index in [9.17, 15) is 9.59 Å². The molecular weight excluding hydrogens is 296 g/mol.